The number of benzene rings is 4. The van der Waals surface area contributed by atoms with Gasteiger partial charge in [-0.3, -0.25) is 4.79 Å². The van der Waals surface area contributed by atoms with Gasteiger partial charge in [-0.25, -0.2) is 4.99 Å². The largest absolute Gasteiger partial charge is 0.496 e. The van der Waals surface area contributed by atoms with Crippen molar-refractivity contribution in [2.45, 2.75) is 31.0 Å². The van der Waals surface area contributed by atoms with E-state index in [1.807, 2.05) is 97.1 Å². The highest BCUT2D eigenvalue weighted by atomic mass is 79.9. The third kappa shape index (κ3) is 7.12. The number of ether oxygens (including phenoxy) is 3. The lowest BCUT2D eigenvalue weighted by Crippen LogP contribution is -2.49. The maximum atomic E-state index is 14.5. The van der Waals surface area contributed by atoms with E-state index in [0.29, 0.717) is 36.8 Å². The van der Waals surface area contributed by atoms with E-state index >= 15 is 0 Å². The van der Waals surface area contributed by atoms with Gasteiger partial charge >= 0.3 is 0 Å². The molecule has 0 bridgehead atoms. The van der Waals surface area contributed by atoms with E-state index < -0.39 is 11.6 Å². The second-order valence-electron chi connectivity index (χ2n) is 10.1. The molecule has 9 heteroatoms. The van der Waals surface area contributed by atoms with Crippen molar-refractivity contribution in [3.8, 4) is 11.5 Å². The molecule has 7 nitrogen and oxygen atoms in total. The molecule has 4 aromatic carbocycles. The predicted molar refractivity (Wildman–Crippen MR) is 174 cm³/mol. The fraction of sp³-hybridized carbons (Fsp3) is 0.235. The first-order chi connectivity index (χ1) is 20.9. The van der Waals surface area contributed by atoms with Crippen LogP contribution >= 0.6 is 31.9 Å². The number of rotatable bonds is 12. The molecular weight excluding hydrogens is 676 g/mol. The molecule has 0 unspecified atom stereocenters. The van der Waals surface area contributed by atoms with Crippen molar-refractivity contribution in [3.63, 3.8) is 0 Å². The highest BCUT2D eigenvalue weighted by Gasteiger charge is 2.53. The van der Waals surface area contributed by atoms with Gasteiger partial charge in [0, 0.05) is 46.1 Å². The summed E-state index contributed by atoms with van der Waals surface area (Å²) in [5.74, 6) is 1.48. The average Bonchev–Trinajstić information content (AvgIpc) is 3.42. The molecule has 2 atom stereocenters. The molecule has 2 N–H and O–H groups in total. The van der Waals surface area contributed by atoms with Crippen molar-refractivity contribution in [2.75, 3.05) is 20.3 Å². The number of methoxy groups -OCH3 is 1. The predicted octanol–water partition coefficient (Wildman–Crippen LogP) is 6.80. The first-order valence-electron chi connectivity index (χ1n) is 13.9. The Kier molecular flexibility index (Phi) is 10.2. The number of carbonyl (C=O) groups excluding carboxylic acids is 1. The average molecular weight is 708 g/mol. The van der Waals surface area contributed by atoms with Gasteiger partial charge in [-0.15, -0.1) is 0 Å². The number of aliphatic hydroxyl groups excluding tert-OH is 1. The Bertz CT molecular complexity index is 1580. The maximum Gasteiger partial charge on any atom is 0.252 e. The molecule has 0 fully saturated rings. The van der Waals surface area contributed by atoms with Crippen LogP contribution in [-0.4, -0.2) is 42.8 Å². The first-order valence-corrected chi connectivity index (χ1v) is 15.5. The maximum absolute atomic E-state index is 14.5. The number of aliphatic hydroxyl groups is 1. The summed E-state index contributed by atoms with van der Waals surface area (Å²) in [5, 5.41) is 12.2. The fourth-order valence-corrected chi connectivity index (χ4v) is 5.72. The van der Waals surface area contributed by atoms with Gasteiger partial charge in [0.2, 0.25) is 5.90 Å². The Balaban J connectivity index is 1.56. The number of hydrogen-bond donors (Lipinski definition) is 2. The number of nitrogens with one attached hydrogen (secondary N) is 1. The van der Waals surface area contributed by atoms with Crippen molar-refractivity contribution < 1.29 is 24.1 Å². The van der Waals surface area contributed by atoms with Crippen LogP contribution in [0.5, 0.6) is 11.5 Å². The quantitative estimate of drug-likeness (QED) is 0.158. The zero-order chi connectivity index (χ0) is 30.2. The Hall–Kier alpha value is -3.66. The standard InChI is InChI=1S/C34H32Br2N2O5/c1-41-30-10-5-3-8-26(30)22-37-33(40)34(21-25-7-2-4-9-29(25)36)31(23-11-15-27(35)16-12-23)43-32(38-34)24-13-17-28(18-14-24)42-20-6-19-39/h2-5,7-18,31,39H,6,19-22H2,1H3,(H,37,40)/t31-,34-/m1/s1. The van der Waals surface area contributed by atoms with Crippen LogP contribution in [0.1, 0.15) is 34.8 Å². The molecule has 1 aliphatic rings. The molecular formula is C34H32Br2N2O5. The Morgan fingerprint density at radius 2 is 1.65 bits per heavy atom. The molecule has 0 saturated heterocycles. The van der Waals surface area contributed by atoms with Crippen LogP contribution in [0.2, 0.25) is 0 Å². The van der Waals surface area contributed by atoms with E-state index in [4.69, 9.17) is 24.3 Å². The van der Waals surface area contributed by atoms with Gasteiger partial charge in [-0.05, 0) is 59.7 Å². The number of para-hydroxylation sites is 1. The molecule has 222 valence electrons. The van der Waals surface area contributed by atoms with E-state index in [9.17, 15) is 4.79 Å². The third-order valence-corrected chi connectivity index (χ3v) is 8.55. The fourth-order valence-electron chi connectivity index (χ4n) is 5.03. The summed E-state index contributed by atoms with van der Waals surface area (Å²) in [7, 11) is 1.61. The van der Waals surface area contributed by atoms with Crippen LogP contribution in [0.4, 0.5) is 0 Å². The van der Waals surface area contributed by atoms with E-state index in [1.165, 1.54) is 0 Å². The third-order valence-electron chi connectivity index (χ3n) is 7.25. The number of halogens is 2. The molecule has 43 heavy (non-hydrogen) atoms. The van der Waals surface area contributed by atoms with Gasteiger partial charge in [0.25, 0.3) is 5.91 Å². The molecule has 1 aliphatic heterocycles. The van der Waals surface area contributed by atoms with E-state index in [2.05, 4.69) is 37.2 Å². The minimum absolute atomic E-state index is 0.0684. The molecule has 1 heterocycles. The first kappa shape index (κ1) is 30.8. The zero-order valence-electron chi connectivity index (χ0n) is 23.6. The zero-order valence-corrected chi connectivity index (χ0v) is 26.8. The number of aliphatic imine (C=N–C) groups is 1. The Morgan fingerprint density at radius 3 is 2.35 bits per heavy atom. The van der Waals surface area contributed by atoms with E-state index in [-0.39, 0.29) is 19.1 Å². The van der Waals surface area contributed by atoms with Gasteiger partial charge in [-0.2, -0.15) is 0 Å². The number of amides is 1. The van der Waals surface area contributed by atoms with Crippen LogP contribution in [0, 0.1) is 0 Å². The number of nitrogens with zero attached hydrogens (tertiary/aromatic N) is 1. The highest BCUT2D eigenvalue weighted by molar-refractivity contribution is 9.10. The summed E-state index contributed by atoms with van der Waals surface area (Å²) in [6.07, 6.45) is 0.132. The van der Waals surface area contributed by atoms with Crippen LogP contribution < -0.4 is 14.8 Å². The van der Waals surface area contributed by atoms with Gasteiger partial charge < -0.3 is 24.6 Å². The van der Waals surface area contributed by atoms with Crippen molar-refractivity contribution in [1.82, 2.24) is 5.32 Å². The molecule has 1 amide bonds. The summed E-state index contributed by atoms with van der Waals surface area (Å²) < 4.78 is 19.6. The van der Waals surface area contributed by atoms with Crippen molar-refractivity contribution in [2.24, 2.45) is 4.99 Å². The van der Waals surface area contributed by atoms with Crippen LogP contribution in [-0.2, 0) is 22.5 Å². The van der Waals surface area contributed by atoms with Gasteiger partial charge in [-0.1, -0.05) is 80.4 Å². The highest BCUT2D eigenvalue weighted by Crippen LogP contribution is 2.43. The summed E-state index contributed by atoms with van der Waals surface area (Å²) in [4.78, 5) is 19.6. The molecule has 0 saturated carbocycles. The van der Waals surface area contributed by atoms with E-state index in [0.717, 1.165) is 31.2 Å². The minimum atomic E-state index is -1.33. The summed E-state index contributed by atoms with van der Waals surface area (Å²) in [6.45, 7) is 0.748. The summed E-state index contributed by atoms with van der Waals surface area (Å²) in [5.41, 5.74) is 2.01. The normalized spacial score (nSPS) is 17.6. The molecule has 0 aliphatic carbocycles. The van der Waals surface area contributed by atoms with Gasteiger partial charge in [0.1, 0.15) is 11.5 Å². The van der Waals surface area contributed by atoms with E-state index in [1.54, 1.807) is 7.11 Å². The van der Waals surface area contributed by atoms with Crippen molar-refractivity contribution in [1.29, 1.82) is 0 Å². The summed E-state index contributed by atoms with van der Waals surface area (Å²) in [6, 6.07) is 30.6. The van der Waals surface area contributed by atoms with Crippen LogP contribution in [0.3, 0.4) is 0 Å². The molecule has 5 rings (SSSR count). The SMILES string of the molecule is COc1ccccc1CNC(=O)[C@]1(Cc2ccccc2Br)N=C(c2ccc(OCCCO)cc2)O[C@@H]1c1ccc(Br)cc1. The van der Waals surface area contributed by atoms with Gasteiger partial charge in [0.15, 0.2) is 11.6 Å². The lowest BCUT2D eigenvalue weighted by Gasteiger charge is -2.31. The van der Waals surface area contributed by atoms with Crippen molar-refractivity contribution in [3.05, 3.63) is 128 Å². The Labute approximate surface area is 268 Å². The smallest absolute Gasteiger partial charge is 0.252 e. The molecule has 4 aromatic rings. The number of carbonyl (C=O) groups is 1. The topological polar surface area (TPSA) is 89.4 Å². The monoisotopic (exact) mass is 706 g/mol. The second kappa shape index (κ2) is 14.2. The van der Waals surface area contributed by atoms with Gasteiger partial charge in [0.05, 0.1) is 13.7 Å². The Morgan fingerprint density at radius 1 is 0.953 bits per heavy atom. The number of hydrogen-bond acceptors (Lipinski definition) is 6. The minimum Gasteiger partial charge on any atom is -0.496 e. The molecule has 0 radical (unpaired) electrons. The molecule has 0 aromatic heterocycles. The lowest BCUT2D eigenvalue weighted by atomic mass is 9.82. The van der Waals surface area contributed by atoms with Crippen LogP contribution in [0.15, 0.2) is 111 Å². The second-order valence-corrected chi connectivity index (χ2v) is 11.9. The summed E-state index contributed by atoms with van der Waals surface area (Å²) >= 11 is 7.20. The van der Waals surface area contributed by atoms with Crippen molar-refractivity contribution >= 4 is 43.7 Å². The van der Waals surface area contributed by atoms with Crippen LogP contribution in [0.25, 0.3) is 0 Å². The lowest BCUT2D eigenvalue weighted by molar-refractivity contribution is -0.129. The molecule has 0 spiro atoms.